The van der Waals surface area contributed by atoms with Gasteiger partial charge in [-0.2, -0.15) is 0 Å². The van der Waals surface area contributed by atoms with Crippen molar-refractivity contribution in [1.82, 2.24) is 0 Å². The second-order valence-electron chi connectivity index (χ2n) is 4.16. The molecule has 2 aromatic rings. The standard InChI is InChI=1S/C14H11BrClF2N/c1-8(9-2-4-10(15)5-3-9)19-14-12(16)6-11(17)7-13(14)18/h2-8,19H,1H3. The molecule has 0 aliphatic carbocycles. The van der Waals surface area contributed by atoms with E-state index in [4.69, 9.17) is 11.6 Å². The average molecular weight is 347 g/mol. The number of rotatable bonds is 3. The molecule has 0 aliphatic heterocycles. The second-order valence-corrected chi connectivity index (χ2v) is 5.48. The van der Waals surface area contributed by atoms with Gasteiger partial charge in [-0.3, -0.25) is 0 Å². The predicted molar refractivity (Wildman–Crippen MR) is 77.5 cm³/mol. The van der Waals surface area contributed by atoms with Crippen molar-refractivity contribution in [1.29, 1.82) is 0 Å². The van der Waals surface area contributed by atoms with Crippen molar-refractivity contribution in [2.75, 3.05) is 5.32 Å². The minimum absolute atomic E-state index is 0.0291. The fraction of sp³-hybridized carbons (Fsp3) is 0.143. The van der Waals surface area contributed by atoms with E-state index in [0.29, 0.717) is 0 Å². The summed E-state index contributed by atoms with van der Waals surface area (Å²) in [5.41, 5.74) is 1.08. The molecule has 0 spiro atoms. The molecular weight excluding hydrogens is 336 g/mol. The average Bonchev–Trinajstić information content (AvgIpc) is 2.34. The lowest BCUT2D eigenvalue weighted by atomic mass is 10.1. The maximum absolute atomic E-state index is 13.7. The Balaban J connectivity index is 2.24. The van der Waals surface area contributed by atoms with Crippen LogP contribution >= 0.6 is 27.5 Å². The Morgan fingerprint density at radius 3 is 2.37 bits per heavy atom. The van der Waals surface area contributed by atoms with Crippen LogP contribution in [0.4, 0.5) is 14.5 Å². The van der Waals surface area contributed by atoms with E-state index < -0.39 is 11.6 Å². The molecule has 19 heavy (non-hydrogen) atoms. The van der Waals surface area contributed by atoms with Crippen molar-refractivity contribution >= 4 is 33.2 Å². The van der Waals surface area contributed by atoms with Crippen molar-refractivity contribution in [3.63, 3.8) is 0 Å². The van der Waals surface area contributed by atoms with Crippen LogP contribution in [0.15, 0.2) is 40.9 Å². The zero-order chi connectivity index (χ0) is 14.0. The summed E-state index contributed by atoms with van der Waals surface area (Å²) < 4.78 is 27.6. The summed E-state index contributed by atoms with van der Waals surface area (Å²) in [5, 5.41) is 2.98. The van der Waals surface area contributed by atoms with Gasteiger partial charge in [-0.25, -0.2) is 8.78 Å². The molecular formula is C14H11BrClF2N. The summed E-state index contributed by atoms with van der Waals surface area (Å²) in [4.78, 5) is 0. The van der Waals surface area contributed by atoms with Crippen molar-refractivity contribution in [2.45, 2.75) is 13.0 Å². The van der Waals surface area contributed by atoms with E-state index in [9.17, 15) is 8.78 Å². The molecule has 0 fully saturated rings. The summed E-state index contributed by atoms with van der Waals surface area (Å²) in [7, 11) is 0. The highest BCUT2D eigenvalue weighted by Gasteiger charge is 2.13. The summed E-state index contributed by atoms with van der Waals surface area (Å²) in [6, 6.07) is 9.37. The molecule has 0 aliphatic rings. The van der Waals surface area contributed by atoms with Crippen LogP contribution in [-0.4, -0.2) is 0 Å². The summed E-state index contributed by atoms with van der Waals surface area (Å²) in [6.45, 7) is 1.88. The lowest BCUT2D eigenvalue weighted by Crippen LogP contribution is -2.08. The number of nitrogens with one attached hydrogen (secondary N) is 1. The molecule has 2 rings (SSSR count). The molecule has 1 nitrogen and oxygen atoms in total. The molecule has 0 amide bonds. The minimum Gasteiger partial charge on any atom is -0.375 e. The Morgan fingerprint density at radius 1 is 1.16 bits per heavy atom. The Bertz CT molecular complexity index is 563. The third-order valence-electron chi connectivity index (χ3n) is 2.74. The first-order valence-corrected chi connectivity index (χ1v) is 6.81. The van der Waals surface area contributed by atoms with Crippen molar-refractivity contribution in [3.8, 4) is 0 Å². The Kier molecular flexibility index (Phi) is 4.42. The number of anilines is 1. The van der Waals surface area contributed by atoms with Gasteiger partial charge in [-0.05, 0) is 30.7 Å². The third kappa shape index (κ3) is 3.45. The van der Waals surface area contributed by atoms with E-state index in [1.165, 1.54) is 0 Å². The predicted octanol–water partition coefficient (Wildman–Crippen LogP) is 5.55. The third-order valence-corrected chi connectivity index (χ3v) is 3.56. The number of hydrogen-bond acceptors (Lipinski definition) is 1. The first-order chi connectivity index (χ1) is 8.97. The van der Waals surface area contributed by atoms with Gasteiger partial charge in [0.2, 0.25) is 0 Å². The van der Waals surface area contributed by atoms with E-state index in [-0.39, 0.29) is 16.8 Å². The smallest absolute Gasteiger partial charge is 0.150 e. The van der Waals surface area contributed by atoms with Crippen LogP contribution in [0, 0.1) is 11.6 Å². The van der Waals surface area contributed by atoms with Crippen LogP contribution in [0.5, 0.6) is 0 Å². The first kappa shape index (κ1) is 14.3. The summed E-state index contributed by atoms with van der Waals surface area (Å²) >= 11 is 9.19. The van der Waals surface area contributed by atoms with Crippen LogP contribution in [0.25, 0.3) is 0 Å². The first-order valence-electron chi connectivity index (χ1n) is 5.64. The van der Waals surface area contributed by atoms with Gasteiger partial charge in [0.1, 0.15) is 5.82 Å². The topological polar surface area (TPSA) is 12.0 Å². The Hall–Kier alpha value is -1.13. The molecule has 0 radical (unpaired) electrons. The Labute approximate surface area is 123 Å². The van der Waals surface area contributed by atoms with Gasteiger partial charge >= 0.3 is 0 Å². The lowest BCUT2D eigenvalue weighted by Gasteiger charge is -2.17. The quantitative estimate of drug-likeness (QED) is 0.768. The van der Waals surface area contributed by atoms with Crippen molar-refractivity contribution in [2.24, 2.45) is 0 Å². The van der Waals surface area contributed by atoms with E-state index >= 15 is 0 Å². The van der Waals surface area contributed by atoms with E-state index in [2.05, 4.69) is 21.2 Å². The number of benzene rings is 2. The fourth-order valence-corrected chi connectivity index (χ4v) is 2.24. The maximum atomic E-state index is 13.7. The van der Waals surface area contributed by atoms with Gasteiger partial charge in [0, 0.05) is 16.6 Å². The molecule has 2 aromatic carbocycles. The zero-order valence-electron chi connectivity index (χ0n) is 10.1. The molecule has 0 saturated carbocycles. The van der Waals surface area contributed by atoms with Crippen LogP contribution in [-0.2, 0) is 0 Å². The number of hydrogen-bond donors (Lipinski definition) is 1. The Morgan fingerprint density at radius 2 is 1.79 bits per heavy atom. The van der Waals surface area contributed by atoms with Gasteiger partial charge in [0.15, 0.2) is 5.82 Å². The largest absolute Gasteiger partial charge is 0.375 e. The molecule has 5 heteroatoms. The molecule has 100 valence electrons. The van der Waals surface area contributed by atoms with E-state index in [1.54, 1.807) is 0 Å². The van der Waals surface area contributed by atoms with Crippen molar-refractivity contribution < 1.29 is 8.78 Å². The maximum Gasteiger partial charge on any atom is 0.150 e. The fourth-order valence-electron chi connectivity index (χ4n) is 1.73. The highest BCUT2D eigenvalue weighted by Crippen LogP contribution is 2.30. The molecule has 0 saturated heterocycles. The summed E-state index contributed by atoms with van der Waals surface area (Å²) in [5.74, 6) is -1.39. The normalized spacial score (nSPS) is 12.3. The highest BCUT2D eigenvalue weighted by atomic mass is 79.9. The zero-order valence-corrected chi connectivity index (χ0v) is 12.4. The van der Waals surface area contributed by atoms with Gasteiger partial charge in [-0.15, -0.1) is 0 Å². The monoisotopic (exact) mass is 345 g/mol. The van der Waals surface area contributed by atoms with E-state index in [1.807, 2.05) is 31.2 Å². The van der Waals surface area contributed by atoms with E-state index in [0.717, 1.165) is 22.2 Å². The molecule has 0 heterocycles. The highest BCUT2D eigenvalue weighted by molar-refractivity contribution is 9.10. The van der Waals surface area contributed by atoms with Crippen LogP contribution in [0.2, 0.25) is 5.02 Å². The molecule has 1 N–H and O–H groups in total. The minimum atomic E-state index is -0.700. The lowest BCUT2D eigenvalue weighted by molar-refractivity contribution is 0.584. The SMILES string of the molecule is CC(Nc1c(F)cc(F)cc1Cl)c1ccc(Br)cc1. The van der Waals surface area contributed by atoms with Gasteiger partial charge < -0.3 is 5.32 Å². The van der Waals surface area contributed by atoms with Gasteiger partial charge in [-0.1, -0.05) is 39.7 Å². The van der Waals surface area contributed by atoms with Crippen LogP contribution in [0.1, 0.15) is 18.5 Å². The van der Waals surface area contributed by atoms with Crippen LogP contribution < -0.4 is 5.32 Å². The number of halogens is 4. The second kappa shape index (κ2) is 5.88. The molecule has 0 bridgehead atoms. The summed E-state index contributed by atoms with van der Waals surface area (Å²) in [6.07, 6.45) is 0. The molecule has 1 unspecified atom stereocenters. The van der Waals surface area contributed by atoms with Crippen molar-refractivity contribution in [3.05, 3.63) is 63.1 Å². The van der Waals surface area contributed by atoms with Gasteiger partial charge in [0.05, 0.1) is 10.7 Å². The molecule has 0 aromatic heterocycles. The van der Waals surface area contributed by atoms with Gasteiger partial charge in [0.25, 0.3) is 0 Å². The molecule has 1 atom stereocenters. The van der Waals surface area contributed by atoms with Crippen LogP contribution in [0.3, 0.4) is 0 Å².